The highest BCUT2D eigenvalue weighted by atomic mass is 16.5. The Bertz CT molecular complexity index is 605. The zero-order chi connectivity index (χ0) is 13.8. The van der Waals surface area contributed by atoms with Crippen LogP contribution in [0.2, 0.25) is 0 Å². The number of aryl methyl sites for hydroxylation is 2. The summed E-state index contributed by atoms with van der Waals surface area (Å²) < 4.78 is 5.80. The molecule has 0 aliphatic carbocycles. The Morgan fingerprint density at radius 1 is 1.16 bits per heavy atom. The molecule has 0 heterocycles. The molecule has 0 atom stereocenters. The van der Waals surface area contributed by atoms with E-state index in [1.165, 1.54) is 5.56 Å². The van der Waals surface area contributed by atoms with Gasteiger partial charge in [-0.3, -0.25) is 5.41 Å². The maximum Gasteiger partial charge on any atom is 0.122 e. The van der Waals surface area contributed by atoms with Crippen molar-refractivity contribution in [3.8, 4) is 5.75 Å². The molecular weight excluding hydrogens is 236 g/mol. The van der Waals surface area contributed by atoms with Gasteiger partial charge in [-0.1, -0.05) is 35.9 Å². The van der Waals surface area contributed by atoms with Gasteiger partial charge in [-0.2, -0.15) is 0 Å². The van der Waals surface area contributed by atoms with Crippen LogP contribution in [0, 0.1) is 19.3 Å². The second-order valence-corrected chi connectivity index (χ2v) is 4.67. The number of nitrogens with two attached hydrogens (primary N) is 1. The monoisotopic (exact) mass is 254 g/mol. The number of nitrogens with one attached hydrogen (secondary N) is 1. The van der Waals surface area contributed by atoms with Gasteiger partial charge in [-0.25, -0.2) is 0 Å². The van der Waals surface area contributed by atoms with Crippen LogP contribution in [0.15, 0.2) is 42.5 Å². The fraction of sp³-hybridized carbons (Fsp3) is 0.188. The highest BCUT2D eigenvalue weighted by molar-refractivity contribution is 5.95. The minimum Gasteiger partial charge on any atom is -0.489 e. The van der Waals surface area contributed by atoms with Crippen LogP contribution < -0.4 is 10.5 Å². The molecule has 0 aromatic heterocycles. The second-order valence-electron chi connectivity index (χ2n) is 4.67. The topological polar surface area (TPSA) is 59.1 Å². The van der Waals surface area contributed by atoms with Crippen LogP contribution in [0.5, 0.6) is 5.75 Å². The van der Waals surface area contributed by atoms with Crippen LogP contribution in [0.3, 0.4) is 0 Å². The third-order valence-corrected chi connectivity index (χ3v) is 2.96. The summed E-state index contributed by atoms with van der Waals surface area (Å²) in [7, 11) is 0. The van der Waals surface area contributed by atoms with Crippen molar-refractivity contribution in [1.29, 1.82) is 5.41 Å². The third kappa shape index (κ3) is 3.35. The van der Waals surface area contributed by atoms with Crippen LogP contribution in [-0.2, 0) is 6.61 Å². The first kappa shape index (κ1) is 13.1. The van der Waals surface area contributed by atoms with Gasteiger partial charge in [-0.05, 0) is 37.1 Å². The average molecular weight is 254 g/mol. The van der Waals surface area contributed by atoms with Crippen molar-refractivity contribution in [2.75, 3.05) is 0 Å². The van der Waals surface area contributed by atoms with Crippen LogP contribution in [-0.4, -0.2) is 5.84 Å². The molecule has 0 aliphatic rings. The molecule has 0 spiro atoms. The van der Waals surface area contributed by atoms with E-state index in [2.05, 4.69) is 13.0 Å². The highest BCUT2D eigenvalue weighted by Crippen LogP contribution is 2.20. The fourth-order valence-electron chi connectivity index (χ4n) is 1.95. The standard InChI is InChI=1S/C16H18N2O/c1-11-6-7-15(12(2)8-11)19-10-13-4-3-5-14(9-13)16(17)18/h3-9H,10H2,1-2H3,(H3,17,18). The second kappa shape index (κ2) is 5.57. The minimum absolute atomic E-state index is 0.0772. The molecule has 0 saturated heterocycles. The van der Waals surface area contributed by atoms with Crippen molar-refractivity contribution in [2.45, 2.75) is 20.5 Å². The lowest BCUT2D eigenvalue weighted by Crippen LogP contribution is -2.11. The normalized spacial score (nSPS) is 10.2. The van der Waals surface area contributed by atoms with Gasteiger partial charge in [0.05, 0.1) is 0 Å². The van der Waals surface area contributed by atoms with Crippen molar-refractivity contribution in [1.82, 2.24) is 0 Å². The number of benzene rings is 2. The lowest BCUT2D eigenvalue weighted by Gasteiger charge is -2.10. The summed E-state index contributed by atoms with van der Waals surface area (Å²) in [5, 5.41) is 7.42. The van der Waals surface area contributed by atoms with Crippen molar-refractivity contribution in [2.24, 2.45) is 5.73 Å². The van der Waals surface area contributed by atoms with E-state index in [9.17, 15) is 0 Å². The van der Waals surface area contributed by atoms with Crippen LogP contribution in [0.1, 0.15) is 22.3 Å². The molecule has 2 rings (SSSR count). The van der Waals surface area contributed by atoms with E-state index >= 15 is 0 Å². The van der Waals surface area contributed by atoms with E-state index in [1.807, 2.05) is 43.3 Å². The zero-order valence-corrected chi connectivity index (χ0v) is 11.2. The Kier molecular flexibility index (Phi) is 3.85. The Labute approximate surface area is 113 Å². The maximum absolute atomic E-state index is 7.42. The molecule has 2 aromatic carbocycles. The Morgan fingerprint density at radius 3 is 2.63 bits per heavy atom. The third-order valence-electron chi connectivity index (χ3n) is 2.96. The number of rotatable bonds is 4. The quantitative estimate of drug-likeness (QED) is 0.650. The Morgan fingerprint density at radius 2 is 1.95 bits per heavy atom. The molecule has 3 nitrogen and oxygen atoms in total. The highest BCUT2D eigenvalue weighted by Gasteiger charge is 2.02. The van der Waals surface area contributed by atoms with E-state index in [0.717, 1.165) is 22.4 Å². The Balaban J connectivity index is 2.10. The molecule has 2 aromatic rings. The zero-order valence-electron chi connectivity index (χ0n) is 11.2. The summed E-state index contributed by atoms with van der Waals surface area (Å²) in [4.78, 5) is 0. The SMILES string of the molecule is Cc1ccc(OCc2cccc(C(=N)N)c2)c(C)c1. The smallest absolute Gasteiger partial charge is 0.122 e. The van der Waals surface area contributed by atoms with Crippen LogP contribution in [0.25, 0.3) is 0 Å². The van der Waals surface area contributed by atoms with Gasteiger partial charge in [0.2, 0.25) is 0 Å². The van der Waals surface area contributed by atoms with E-state index in [1.54, 1.807) is 0 Å². The molecule has 0 bridgehead atoms. The summed E-state index contributed by atoms with van der Waals surface area (Å²) in [6.07, 6.45) is 0. The number of amidine groups is 1. The van der Waals surface area contributed by atoms with E-state index in [4.69, 9.17) is 15.9 Å². The number of hydrogen-bond donors (Lipinski definition) is 2. The lowest BCUT2D eigenvalue weighted by molar-refractivity contribution is 0.304. The first-order valence-corrected chi connectivity index (χ1v) is 6.19. The molecule has 3 heteroatoms. The summed E-state index contributed by atoms with van der Waals surface area (Å²) in [6, 6.07) is 13.7. The van der Waals surface area contributed by atoms with Crippen molar-refractivity contribution in [3.05, 3.63) is 64.7 Å². The first-order chi connectivity index (χ1) is 9.06. The molecule has 0 aliphatic heterocycles. The van der Waals surface area contributed by atoms with Crippen LogP contribution in [0.4, 0.5) is 0 Å². The van der Waals surface area contributed by atoms with Gasteiger partial charge in [0.25, 0.3) is 0 Å². The van der Waals surface area contributed by atoms with Gasteiger partial charge in [0.15, 0.2) is 0 Å². The summed E-state index contributed by atoms with van der Waals surface area (Å²) in [5.41, 5.74) is 9.56. The van der Waals surface area contributed by atoms with Crippen molar-refractivity contribution >= 4 is 5.84 Å². The molecule has 3 N–H and O–H groups in total. The molecule has 0 unspecified atom stereocenters. The van der Waals surface area contributed by atoms with Gasteiger partial charge < -0.3 is 10.5 Å². The lowest BCUT2D eigenvalue weighted by atomic mass is 10.1. The van der Waals surface area contributed by atoms with Crippen molar-refractivity contribution in [3.63, 3.8) is 0 Å². The molecular formula is C16H18N2O. The fourth-order valence-corrected chi connectivity index (χ4v) is 1.95. The molecule has 0 fully saturated rings. The minimum atomic E-state index is 0.0772. The largest absolute Gasteiger partial charge is 0.489 e. The van der Waals surface area contributed by atoms with Gasteiger partial charge in [0.1, 0.15) is 18.2 Å². The van der Waals surface area contributed by atoms with E-state index in [0.29, 0.717) is 6.61 Å². The molecule has 0 saturated carbocycles. The summed E-state index contributed by atoms with van der Waals surface area (Å²) in [6.45, 7) is 4.58. The van der Waals surface area contributed by atoms with Gasteiger partial charge in [-0.15, -0.1) is 0 Å². The van der Waals surface area contributed by atoms with Crippen LogP contribution >= 0.6 is 0 Å². The Hall–Kier alpha value is -2.29. The summed E-state index contributed by atoms with van der Waals surface area (Å²) in [5.74, 6) is 0.965. The number of ether oxygens (including phenoxy) is 1. The number of nitrogen functional groups attached to an aromatic ring is 1. The maximum atomic E-state index is 7.42. The first-order valence-electron chi connectivity index (χ1n) is 6.19. The summed E-state index contributed by atoms with van der Waals surface area (Å²) >= 11 is 0. The predicted octanol–water partition coefficient (Wildman–Crippen LogP) is 3.17. The van der Waals surface area contributed by atoms with E-state index < -0.39 is 0 Å². The molecule has 0 amide bonds. The van der Waals surface area contributed by atoms with Gasteiger partial charge in [0, 0.05) is 5.56 Å². The number of hydrogen-bond acceptors (Lipinski definition) is 2. The van der Waals surface area contributed by atoms with Crippen molar-refractivity contribution < 1.29 is 4.74 Å². The average Bonchev–Trinajstić information content (AvgIpc) is 2.38. The molecule has 0 radical (unpaired) electrons. The molecule has 98 valence electrons. The molecule has 19 heavy (non-hydrogen) atoms. The van der Waals surface area contributed by atoms with E-state index in [-0.39, 0.29) is 5.84 Å². The predicted molar refractivity (Wildman–Crippen MR) is 77.7 cm³/mol. The van der Waals surface area contributed by atoms with Gasteiger partial charge >= 0.3 is 0 Å².